The third kappa shape index (κ3) is 3.63. The minimum absolute atomic E-state index is 0.0669. The number of hydrogen-bond acceptors (Lipinski definition) is 7. The average molecular weight is 382 g/mol. The number of carbonyl (C=O) groups is 1. The van der Waals surface area contributed by atoms with Crippen LogP contribution in [0.4, 0.5) is 0 Å². The van der Waals surface area contributed by atoms with Gasteiger partial charge in [0.1, 0.15) is 0 Å². The molecule has 0 aliphatic carbocycles. The van der Waals surface area contributed by atoms with E-state index in [1.807, 2.05) is 0 Å². The van der Waals surface area contributed by atoms with Crippen LogP contribution < -0.4 is 25.2 Å². The van der Waals surface area contributed by atoms with Crippen LogP contribution in [0.3, 0.4) is 0 Å². The third-order valence-electron chi connectivity index (χ3n) is 3.98. The second-order valence-electron chi connectivity index (χ2n) is 5.60. The predicted molar refractivity (Wildman–Crippen MR) is 104 cm³/mol. The number of carbonyl (C=O) groups excluding carboxylic acids is 1. The van der Waals surface area contributed by atoms with E-state index < -0.39 is 5.91 Å². The van der Waals surface area contributed by atoms with Crippen molar-refractivity contribution < 1.29 is 19.0 Å². The fraction of sp³-hybridized carbons (Fsp3) is 0.158. The molecule has 0 fully saturated rings. The van der Waals surface area contributed by atoms with Gasteiger partial charge in [-0.1, -0.05) is 18.2 Å². The molecule has 0 aliphatic heterocycles. The van der Waals surface area contributed by atoms with Crippen molar-refractivity contribution >= 4 is 22.9 Å². The van der Waals surface area contributed by atoms with E-state index in [0.717, 1.165) is 0 Å². The van der Waals surface area contributed by atoms with Crippen molar-refractivity contribution in [2.24, 2.45) is 5.10 Å². The lowest BCUT2D eigenvalue weighted by Crippen LogP contribution is -2.22. The predicted octanol–water partition coefficient (Wildman–Crippen LogP) is 1.71. The number of H-pyrrole nitrogens is 1. The molecule has 3 rings (SSSR count). The largest absolute Gasteiger partial charge is 0.493 e. The number of rotatable bonds is 6. The fourth-order valence-corrected chi connectivity index (χ4v) is 2.68. The van der Waals surface area contributed by atoms with Gasteiger partial charge >= 0.3 is 0 Å². The minimum atomic E-state index is -0.559. The Balaban J connectivity index is 1.85. The maximum atomic E-state index is 12.4. The van der Waals surface area contributed by atoms with Crippen LogP contribution >= 0.6 is 0 Å². The number of nitrogens with zero attached hydrogens (tertiary/aromatic N) is 2. The number of aromatic amines is 1. The van der Waals surface area contributed by atoms with Gasteiger partial charge in [-0.2, -0.15) is 10.2 Å². The first-order valence-electron chi connectivity index (χ1n) is 8.20. The number of nitrogens with one attached hydrogen (secondary N) is 2. The van der Waals surface area contributed by atoms with Gasteiger partial charge in [-0.15, -0.1) is 0 Å². The summed E-state index contributed by atoms with van der Waals surface area (Å²) in [5, 5.41) is 10.9. The summed E-state index contributed by atoms with van der Waals surface area (Å²) in [6.45, 7) is 0. The van der Waals surface area contributed by atoms with E-state index >= 15 is 0 Å². The monoisotopic (exact) mass is 382 g/mol. The second kappa shape index (κ2) is 8.21. The molecule has 1 amide bonds. The molecule has 1 heterocycles. The van der Waals surface area contributed by atoms with Crippen LogP contribution in [0.5, 0.6) is 17.2 Å². The highest BCUT2D eigenvalue weighted by atomic mass is 16.5. The maximum absolute atomic E-state index is 12.4. The van der Waals surface area contributed by atoms with Crippen molar-refractivity contribution in [3.8, 4) is 17.2 Å². The molecule has 2 N–H and O–H groups in total. The Kier molecular flexibility index (Phi) is 5.54. The molecule has 9 nitrogen and oxygen atoms in total. The van der Waals surface area contributed by atoms with E-state index in [1.54, 1.807) is 36.4 Å². The van der Waals surface area contributed by atoms with Gasteiger partial charge in [0.2, 0.25) is 5.75 Å². The number of hydrazone groups is 1. The highest BCUT2D eigenvalue weighted by Crippen LogP contribution is 2.37. The van der Waals surface area contributed by atoms with Crippen LogP contribution in [0.1, 0.15) is 16.1 Å². The van der Waals surface area contributed by atoms with Crippen molar-refractivity contribution in [2.45, 2.75) is 0 Å². The third-order valence-corrected chi connectivity index (χ3v) is 3.98. The molecule has 0 spiro atoms. The molecule has 0 aliphatic rings. The molecule has 0 atom stereocenters. The van der Waals surface area contributed by atoms with E-state index in [-0.39, 0.29) is 11.3 Å². The lowest BCUT2D eigenvalue weighted by atomic mass is 10.1. The smallest absolute Gasteiger partial charge is 0.292 e. The number of fused-ring (bicyclic) bond motifs is 1. The van der Waals surface area contributed by atoms with E-state index in [2.05, 4.69) is 20.7 Å². The molecule has 1 aromatic heterocycles. The second-order valence-corrected chi connectivity index (χ2v) is 5.60. The molecule has 28 heavy (non-hydrogen) atoms. The van der Waals surface area contributed by atoms with Crippen LogP contribution in [0, 0.1) is 0 Å². The molecular formula is C19H18N4O5. The summed E-state index contributed by atoms with van der Waals surface area (Å²) in [4.78, 5) is 24.2. The molecule has 0 saturated heterocycles. The van der Waals surface area contributed by atoms with Gasteiger partial charge in [0.15, 0.2) is 17.2 Å². The van der Waals surface area contributed by atoms with E-state index in [0.29, 0.717) is 33.6 Å². The van der Waals surface area contributed by atoms with E-state index in [1.165, 1.54) is 27.5 Å². The maximum Gasteiger partial charge on any atom is 0.292 e. The fourth-order valence-electron chi connectivity index (χ4n) is 2.68. The Labute approximate surface area is 159 Å². The highest BCUT2D eigenvalue weighted by Gasteiger charge is 2.14. The lowest BCUT2D eigenvalue weighted by molar-refractivity contribution is 0.0951. The first kappa shape index (κ1) is 18.9. The topological polar surface area (TPSA) is 115 Å². The van der Waals surface area contributed by atoms with Crippen molar-refractivity contribution in [3.63, 3.8) is 0 Å². The van der Waals surface area contributed by atoms with Crippen molar-refractivity contribution in [1.82, 2.24) is 15.6 Å². The minimum Gasteiger partial charge on any atom is -0.493 e. The Morgan fingerprint density at radius 3 is 2.32 bits per heavy atom. The summed E-state index contributed by atoms with van der Waals surface area (Å²) in [5.74, 6) is 0.817. The first-order valence-corrected chi connectivity index (χ1v) is 8.20. The van der Waals surface area contributed by atoms with Crippen LogP contribution in [0.15, 0.2) is 46.3 Å². The van der Waals surface area contributed by atoms with Crippen LogP contribution in [0.2, 0.25) is 0 Å². The van der Waals surface area contributed by atoms with Crippen LogP contribution in [-0.4, -0.2) is 43.6 Å². The van der Waals surface area contributed by atoms with Crippen molar-refractivity contribution in [2.75, 3.05) is 21.3 Å². The van der Waals surface area contributed by atoms with Crippen LogP contribution in [-0.2, 0) is 0 Å². The van der Waals surface area contributed by atoms with Gasteiger partial charge in [-0.25, -0.2) is 10.5 Å². The molecule has 0 saturated carbocycles. The zero-order valence-electron chi connectivity index (χ0n) is 15.5. The molecule has 144 valence electrons. The Morgan fingerprint density at radius 1 is 1.07 bits per heavy atom. The van der Waals surface area contributed by atoms with Gasteiger partial charge in [0.05, 0.1) is 32.9 Å². The molecule has 0 unspecified atom stereocenters. The highest BCUT2D eigenvalue weighted by molar-refractivity contribution is 6.04. The summed E-state index contributed by atoms with van der Waals surface area (Å²) in [6, 6.07) is 10.1. The van der Waals surface area contributed by atoms with Gasteiger partial charge in [0.25, 0.3) is 11.5 Å². The zero-order chi connectivity index (χ0) is 20.1. The zero-order valence-corrected chi connectivity index (χ0v) is 15.5. The molecule has 0 bridgehead atoms. The number of aromatic nitrogens is 2. The number of ether oxygens (including phenoxy) is 3. The van der Waals surface area contributed by atoms with Gasteiger partial charge < -0.3 is 14.2 Å². The quantitative estimate of drug-likeness (QED) is 0.495. The van der Waals surface area contributed by atoms with E-state index in [4.69, 9.17) is 14.2 Å². The first-order chi connectivity index (χ1) is 13.6. The van der Waals surface area contributed by atoms with Crippen molar-refractivity contribution in [3.05, 3.63) is 58.0 Å². The van der Waals surface area contributed by atoms with E-state index in [9.17, 15) is 9.59 Å². The number of hydrogen-bond donors (Lipinski definition) is 2. The number of benzene rings is 2. The summed E-state index contributed by atoms with van der Waals surface area (Å²) in [6.07, 6.45) is 1.43. The Bertz CT molecular complexity index is 1080. The average Bonchev–Trinajstić information content (AvgIpc) is 2.73. The lowest BCUT2D eigenvalue weighted by Gasteiger charge is -2.12. The molecule has 9 heteroatoms. The molecule has 3 aromatic rings. The Hall–Kier alpha value is -3.88. The Morgan fingerprint density at radius 2 is 1.71 bits per heavy atom. The van der Waals surface area contributed by atoms with Gasteiger partial charge in [-0.05, 0) is 18.2 Å². The normalized spacial score (nSPS) is 10.8. The van der Waals surface area contributed by atoms with Crippen molar-refractivity contribution in [1.29, 1.82) is 0 Å². The van der Waals surface area contributed by atoms with Crippen LogP contribution in [0.25, 0.3) is 10.8 Å². The molecule has 0 radical (unpaired) electrons. The SMILES string of the molecule is COc1cc(/C=N\NC(=O)c2n[nH]c(=O)c3ccccc23)cc(OC)c1OC. The summed E-state index contributed by atoms with van der Waals surface area (Å²) >= 11 is 0. The standard InChI is InChI=1S/C19H18N4O5/c1-26-14-8-11(9-15(27-2)17(14)28-3)10-20-22-19(25)16-12-6-4-5-7-13(12)18(24)23-21-16/h4-10H,1-3H3,(H,22,25)(H,23,24)/b20-10-. The van der Waals surface area contributed by atoms with Gasteiger partial charge in [-0.3, -0.25) is 9.59 Å². The molecular weight excluding hydrogens is 364 g/mol. The summed E-state index contributed by atoms with van der Waals surface area (Å²) in [5.41, 5.74) is 2.71. The summed E-state index contributed by atoms with van der Waals surface area (Å²) in [7, 11) is 4.52. The van der Waals surface area contributed by atoms with Gasteiger partial charge in [0, 0.05) is 10.9 Å². The number of methoxy groups -OCH3 is 3. The molecule has 2 aromatic carbocycles. The summed E-state index contributed by atoms with van der Waals surface area (Å²) < 4.78 is 15.8. The number of amides is 1.